The van der Waals surface area contributed by atoms with Gasteiger partial charge in [-0.25, -0.2) is 4.79 Å². The van der Waals surface area contributed by atoms with Gasteiger partial charge in [-0.05, 0) is 43.3 Å². The first-order valence-corrected chi connectivity index (χ1v) is 9.11. The molecule has 2 aromatic carbocycles. The second kappa shape index (κ2) is 8.22. The van der Waals surface area contributed by atoms with Crippen LogP contribution in [0.3, 0.4) is 0 Å². The van der Waals surface area contributed by atoms with E-state index in [1.54, 1.807) is 31.2 Å². The van der Waals surface area contributed by atoms with Gasteiger partial charge in [0.1, 0.15) is 17.5 Å². The molecular formula is C21H22N2O6. The Balaban J connectivity index is 1.90. The summed E-state index contributed by atoms with van der Waals surface area (Å²) in [4.78, 5) is 41.3. The molecule has 0 spiro atoms. The van der Waals surface area contributed by atoms with Crippen LogP contribution in [0.15, 0.2) is 48.5 Å². The van der Waals surface area contributed by atoms with Crippen molar-refractivity contribution in [3.63, 3.8) is 0 Å². The van der Waals surface area contributed by atoms with Crippen LogP contribution in [0.5, 0.6) is 11.5 Å². The fourth-order valence-electron chi connectivity index (χ4n) is 3.56. The molecule has 0 unspecified atom stereocenters. The van der Waals surface area contributed by atoms with Gasteiger partial charge >= 0.3 is 5.97 Å². The standard InChI is InChI=1S/C21H22N2O6/c1-13-18(21(28)29-2)23(20(27)15-6-4-8-17(25)12-15)10-9-22(13)19(26)14-5-3-7-16(24)11-14/h3-8,11-13,18,24-25H,9-10H2,1-2H3/t13-,18-/m0/s1. The minimum absolute atomic E-state index is 0.0364. The van der Waals surface area contributed by atoms with E-state index in [0.29, 0.717) is 0 Å². The molecule has 0 radical (unpaired) electrons. The molecule has 2 amide bonds. The number of hydrogen-bond acceptors (Lipinski definition) is 6. The lowest BCUT2D eigenvalue weighted by molar-refractivity contribution is -0.149. The number of phenols is 2. The summed E-state index contributed by atoms with van der Waals surface area (Å²) in [6, 6.07) is 10.1. The fourth-order valence-corrected chi connectivity index (χ4v) is 3.56. The van der Waals surface area contributed by atoms with Crippen molar-refractivity contribution in [3.8, 4) is 11.5 Å². The van der Waals surface area contributed by atoms with Crippen molar-refractivity contribution in [1.29, 1.82) is 0 Å². The highest BCUT2D eigenvalue weighted by molar-refractivity contribution is 5.99. The predicted octanol–water partition coefficient (Wildman–Crippen LogP) is 1.63. The molecule has 1 aliphatic rings. The first-order valence-electron chi connectivity index (χ1n) is 9.11. The minimum atomic E-state index is -1.01. The van der Waals surface area contributed by atoms with E-state index in [1.165, 1.54) is 41.2 Å². The number of methoxy groups -OCH3 is 1. The van der Waals surface area contributed by atoms with E-state index in [9.17, 15) is 24.6 Å². The number of hydrogen-bond donors (Lipinski definition) is 2. The third-order valence-corrected chi connectivity index (χ3v) is 5.02. The number of nitrogens with zero attached hydrogens (tertiary/aromatic N) is 2. The van der Waals surface area contributed by atoms with Crippen molar-refractivity contribution in [3.05, 3.63) is 59.7 Å². The largest absolute Gasteiger partial charge is 0.508 e. The number of carbonyl (C=O) groups is 3. The second-order valence-corrected chi connectivity index (χ2v) is 6.81. The van der Waals surface area contributed by atoms with Gasteiger partial charge < -0.3 is 24.7 Å². The first-order chi connectivity index (χ1) is 13.8. The Morgan fingerprint density at radius 2 is 1.38 bits per heavy atom. The molecule has 0 bridgehead atoms. The monoisotopic (exact) mass is 398 g/mol. The number of ether oxygens (including phenoxy) is 1. The van der Waals surface area contributed by atoms with Gasteiger partial charge in [0.05, 0.1) is 13.2 Å². The summed E-state index contributed by atoms with van der Waals surface area (Å²) >= 11 is 0. The van der Waals surface area contributed by atoms with Crippen LogP contribution in [0, 0.1) is 0 Å². The number of benzene rings is 2. The third kappa shape index (κ3) is 4.01. The van der Waals surface area contributed by atoms with Crippen LogP contribution in [0.1, 0.15) is 27.6 Å². The number of carbonyl (C=O) groups excluding carboxylic acids is 3. The van der Waals surface area contributed by atoms with E-state index in [0.717, 1.165) is 0 Å². The molecular weight excluding hydrogens is 376 g/mol. The average Bonchev–Trinajstić information content (AvgIpc) is 2.72. The summed E-state index contributed by atoms with van der Waals surface area (Å²) in [5.41, 5.74) is 0.520. The molecule has 3 rings (SSSR count). The molecule has 0 saturated carbocycles. The molecule has 1 aliphatic heterocycles. The Morgan fingerprint density at radius 1 is 0.897 bits per heavy atom. The van der Waals surface area contributed by atoms with E-state index in [-0.39, 0.29) is 41.6 Å². The first kappa shape index (κ1) is 20.2. The zero-order valence-electron chi connectivity index (χ0n) is 16.1. The van der Waals surface area contributed by atoms with E-state index < -0.39 is 24.0 Å². The number of rotatable bonds is 3. The molecule has 8 nitrogen and oxygen atoms in total. The molecule has 2 aromatic rings. The number of aromatic hydroxyl groups is 2. The van der Waals surface area contributed by atoms with Gasteiger partial charge in [-0.15, -0.1) is 0 Å². The second-order valence-electron chi connectivity index (χ2n) is 6.81. The molecule has 1 heterocycles. The van der Waals surface area contributed by atoms with Crippen molar-refractivity contribution >= 4 is 17.8 Å². The van der Waals surface area contributed by atoms with Crippen LogP contribution in [0.2, 0.25) is 0 Å². The zero-order chi connectivity index (χ0) is 21.1. The van der Waals surface area contributed by atoms with Crippen molar-refractivity contribution in [2.24, 2.45) is 0 Å². The quantitative estimate of drug-likeness (QED) is 0.761. The highest BCUT2D eigenvalue weighted by atomic mass is 16.5. The van der Waals surface area contributed by atoms with Gasteiger partial charge in [0.25, 0.3) is 11.8 Å². The minimum Gasteiger partial charge on any atom is -0.508 e. The van der Waals surface area contributed by atoms with Crippen LogP contribution in [0.25, 0.3) is 0 Å². The third-order valence-electron chi connectivity index (χ3n) is 5.02. The van der Waals surface area contributed by atoms with Crippen LogP contribution < -0.4 is 0 Å². The number of amides is 2. The summed E-state index contributed by atoms with van der Waals surface area (Å²) in [7, 11) is 1.22. The molecule has 1 saturated heterocycles. The van der Waals surface area contributed by atoms with Gasteiger partial charge in [-0.2, -0.15) is 0 Å². The lowest BCUT2D eigenvalue weighted by Crippen LogP contribution is -2.64. The summed E-state index contributed by atoms with van der Waals surface area (Å²) in [6.07, 6.45) is 0. The summed E-state index contributed by atoms with van der Waals surface area (Å²) in [5.74, 6) is -1.53. The Hall–Kier alpha value is -3.55. The van der Waals surface area contributed by atoms with Gasteiger partial charge in [0, 0.05) is 24.2 Å². The molecule has 2 N–H and O–H groups in total. The fraction of sp³-hybridized carbons (Fsp3) is 0.286. The molecule has 29 heavy (non-hydrogen) atoms. The molecule has 152 valence electrons. The Kier molecular flexibility index (Phi) is 5.72. The topological polar surface area (TPSA) is 107 Å². The van der Waals surface area contributed by atoms with Crippen molar-refractivity contribution in [1.82, 2.24) is 9.80 Å². The maximum Gasteiger partial charge on any atom is 0.330 e. The maximum atomic E-state index is 13.0. The number of phenolic OH excluding ortho intramolecular Hbond substituents is 2. The highest BCUT2D eigenvalue weighted by Gasteiger charge is 2.43. The van der Waals surface area contributed by atoms with Crippen LogP contribution in [0.4, 0.5) is 0 Å². The summed E-state index contributed by atoms with van der Waals surface area (Å²) in [5, 5.41) is 19.3. The SMILES string of the molecule is COC(=O)[C@@H]1[C@H](C)N(C(=O)c2cccc(O)c2)CCN1C(=O)c1cccc(O)c1. The predicted molar refractivity (Wildman–Crippen MR) is 104 cm³/mol. The molecule has 0 aromatic heterocycles. The smallest absolute Gasteiger partial charge is 0.330 e. The van der Waals surface area contributed by atoms with Crippen molar-refractivity contribution in [2.75, 3.05) is 20.2 Å². The van der Waals surface area contributed by atoms with Gasteiger partial charge in [0.15, 0.2) is 0 Å². The number of esters is 1. The Bertz CT molecular complexity index is 944. The Labute approximate surface area is 167 Å². The van der Waals surface area contributed by atoms with Crippen LogP contribution in [-0.4, -0.2) is 70.1 Å². The average molecular weight is 398 g/mol. The van der Waals surface area contributed by atoms with Crippen LogP contribution in [-0.2, 0) is 9.53 Å². The van der Waals surface area contributed by atoms with E-state index >= 15 is 0 Å². The van der Waals surface area contributed by atoms with Crippen molar-refractivity contribution in [2.45, 2.75) is 19.0 Å². The molecule has 0 aliphatic carbocycles. The van der Waals surface area contributed by atoms with Crippen LogP contribution >= 0.6 is 0 Å². The highest BCUT2D eigenvalue weighted by Crippen LogP contribution is 2.24. The van der Waals surface area contributed by atoms with E-state index in [2.05, 4.69) is 0 Å². The van der Waals surface area contributed by atoms with Crippen molar-refractivity contribution < 1.29 is 29.3 Å². The Morgan fingerprint density at radius 3 is 1.86 bits per heavy atom. The van der Waals surface area contributed by atoms with Gasteiger partial charge in [-0.3, -0.25) is 9.59 Å². The number of piperazine rings is 1. The molecule has 1 fully saturated rings. The zero-order valence-corrected chi connectivity index (χ0v) is 16.1. The van der Waals surface area contributed by atoms with E-state index in [4.69, 9.17) is 4.74 Å². The summed E-state index contributed by atoms with van der Waals surface area (Å²) in [6.45, 7) is 1.99. The maximum absolute atomic E-state index is 13.0. The molecule has 2 atom stereocenters. The van der Waals surface area contributed by atoms with Gasteiger partial charge in [0.2, 0.25) is 0 Å². The summed E-state index contributed by atoms with van der Waals surface area (Å²) < 4.78 is 4.89. The lowest BCUT2D eigenvalue weighted by Gasteiger charge is -2.44. The van der Waals surface area contributed by atoms with E-state index in [1.807, 2.05) is 0 Å². The lowest BCUT2D eigenvalue weighted by atomic mass is 10.00. The van der Waals surface area contributed by atoms with Gasteiger partial charge in [-0.1, -0.05) is 12.1 Å². The molecule has 8 heteroatoms. The normalized spacial score (nSPS) is 19.0.